The van der Waals surface area contributed by atoms with Gasteiger partial charge in [-0.15, -0.1) is 6.58 Å². The molecule has 0 radical (unpaired) electrons. The molecule has 4 heteroatoms. The maximum absolute atomic E-state index is 12.1. The molecule has 0 bridgehead atoms. The number of ether oxygens (including phenoxy) is 1. The van der Waals surface area contributed by atoms with Crippen LogP contribution in [-0.4, -0.2) is 43.7 Å². The van der Waals surface area contributed by atoms with Crippen LogP contribution in [0.5, 0.6) is 0 Å². The number of carbonyl (C=O) groups is 1. The van der Waals surface area contributed by atoms with Crippen molar-refractivity contribution >= 4 is 11.6 Å². The summed E-state index contributed by atoms with van der Waals surface area (Å²) in [7, 11) is 0. The van der Waals surface area contributed by atoms with Gasteiger partial charge in [0.25, 0.3) is 0 Å². The van der Waals surface area contributed by atoms with Crippen molar-refractivity contribution in [1.82, 2.24) is 4.90 Å². The lowest BCUT2D eigenvalue weighted by Gasteiger charge is -2.27. The molecule has 2 aliphatic rings. The summed E-state index contributed by atoms with van der Waals surface area (Å²) < 4.78 is 5.38. The summed E-state index contributed by atoms with van der Waals surface area (Å²) in [5, 5.41) is 0. The lowest BCUT2D eigenvalue weighted by atomic mass is 10.1. The van der Waals surface area contributed by atoms with Gasteiger partial charge in [0, 0.05) is 44.2 Å². The Hall–Kier alpha value is -1.65. The second kappa shape index (κ2) is 6.41. The van der Waals surface area contributed by atoms with Crippen LogP contribution in [0, 0.1) is 5.92 Å². The van der Waals surface area contributed by atoms with Crippen LogP contribution in [0.25, 0.3) is 0 Å². The highest BCUT2D eigenvalue weighted by Gasteiger charge is 2.28. The molecule has 1 unspecified atom stereocenters. The topological polar surface area (TPSA) is 32.8 Å². The first-order valence-corrected chi connectivity index (χ1v) is 7.58. The van der Waals surface area contributed by atoms with Crippen molar-refractivity contribution in [3.05, 3.63) is 42.5 Å². The third kappa shape index (κ3) is 3.34. The second-order valence-corrected chi connectivity index (χ2v) is 5.76. The van der Waals surface area contributed by atoms with E-state index in [0.29, 0.717) is 6.42 Å². The SMILES string of the molecule is C=CC1CC(=O)N(c2cccc(CN3CCOCC3)c2)C1. The molecule has 0 aromatic heterocycles. The van der Waals surface area contributed by atoms with E-state index in [1.54, 1.807) is 0 Å². The molecule has 2 heterocycles. The highest BCUT2D eigenvalue weighted by atomic mass is 16.5. The van der Waals surface area contributed by atoms with Crippen molar-refractivity contribution in [3.63, 3.8) is 0 Å². The largest absolute Gasteiger partial charge is 0.379 e. The number of nitrogens with zero attached hydrogens (tertiary/aromatic N) is 2. The maximum atomic E-state index is 12.1. The van der Waals surface area contributed by atoms with E-state index in [2.05, 4.69) is 23.6 Å². The van der Waals surface area contributed by atoms with Gasteiger partial charge in [0.05, 0.1) is 13.2 Å². The molecule has 1 aromatic carbocycles. The van der Waals surface area contributed by atoms with Gasteiger partial charge < -0.3 is 9.64 Å². The van der Waals surface area contributed by atoms with Crippen LogP contribution < -0.4 is 4.90 Å². The molecule has 1 amide bonds. The van der Waals surface area contributed by atoms with E-state index in [0.717, 1.165) is 45.1 Å². The zero-order valence-corrected chi connectivity index (χ0v) is 12.3. The van der Waals surface area contributed by atoms with E-state index in [1.165, 1.54) is 5.56 Å². The predicted octanol–water partition coefficient (Wildman–Crippen LogP) is 2.06. The fraction of sp³-hybridized carbons (Fsp3) is 0.471. The van der Waals surface area contributed by atoms with Crippen molar-refractivity contribution in [2.75, 3.05) is 37.7 Å². The average Bonchev–Trinajstić information content (AvgIpc) is 2.90. The third-order valence-corrected chi connectivity index (χ3v) is 4.22. The van der Waals surface area contributed by atoms with Crippen LogP contribution in [0.2, 0.25) is 0 Å². The molecule has 0 saturated carbocycles. The monoisotopic (exact) mass is 286 g/mol. The average molecular weight is 286 g/mol. The van der Waals surface area contributed by atoms with Crippen LogP contribution in [0.1, 0.15) is 12.0 Å². The van der Waals surface area contributed by atoms with Crippen molar-refractivity contribution in [3.8, 4) is 0 Å². The quantitative estimate of drug-likeness (QED) is 0.794. The first kappa shape index (κ1) is 14.3. The van der Waals surface area contributed by atoms with E-state index in [1.807, 2.05) is 23.1 Å². The Bertz CT molecular complexity index is 523. The summed E-state index contributed by atoms with van der Waals surface area (Å²) in [5.74, 6) is 0.476. The fourth-order valence-corrected chi connectivity index (χ4v) is 2.98. The summed E-state index contributed by atoms with van der Waals surface area (Å²) in [6, 6.07) is 8.33. The minimum atomic E-state index is 0.198. The van der Waals surface area contributed by atoms with E-state index in [-0.39, 0.29) is 11.8 Å². The molecule has 0 spiro atoms. The van der Waals surface area contributed by atoms with Crippen molar-refractivity contribution in [1.29, 1.82) is 0 Å². The zero-order chi connectivity index (χ0) is 14.7. The number of morpholine rings is 1. The summed E-state index contributed by atoms with van der Waals surface area (Å²) >= 11 is 0. The number of hydrogen-bond acceptors (Lipinski definition) is 3. The Morgan fingerprint density at radius 3 is 2.86 bits per heavy atom. The Kier molecular flexibility index (Phi) is 4.36. The van der Waals surface area contributed by atoms with Crippen LogP contribution in [0.4, 0.5) is 5.69 Å². The first-order chi connectivity index (χ1) is 10.3. The number of amides is 1. The molecule has 21 heavy (non-hydrogen) atoms. The van der Waals surface area contributed by atoms with Gasteiger partial charge in [-0.05, 0) is 17.7 Å². The van der Waals surface area contributed by atoms with Crippen molar-refractivity contribution < 1.29 is 9.53 Å². The molecule has 4 nitrogen and oxygen atoms in total. The Balaban J connectivity index is 1.70. The third-order valence-electron chi connectivity index (χ3n) is 4.22. The van der Waals surface area contributed by atoms with Crippen molar-refractivity contribution in [2.45, 2.75) is 13.0 Å². The van der Waals surface area contributed by atoms with E-state index < -0.39 is 0 Å². The van der Waals surface area contributed by atoms with Gasteiger partial charge in [-0.25, -0.2) is 0 Å². The van der Waals surface area contributed by atoms with Gasteiger partial charge in [0.1, 0.15) is 0 Å². The molecular formula is C17H22N2O2. The van der Waals surface area contributed by atoms with Gasteiger partial charge in [0.2, 0.25) is 5.91 Å². The molecular weight excluding hydrogens is 264 g/mol. The second-order valence-electron chi connectivity index (χ2n) is 5.76. The molecule has 0 N–H and O–H groups in total. The van der Waals surface area contributed by atoms with E-state index in [9.17, 15) is 4.79 Å². The van der Waals surface area contributed by atoms with E-state index >= 15 is 0 Å². The summed E-state index contributed by atoms with van der Waals surface area (Å²) in [5.41, 5.74) is 2.26. The molecule has 2 aliphatic heterocycles. The molecule has 1 atom stereocenters. The lowest BCUT2D eigenvalue weighted by molar-refractivity contribution is -0.117. The number of carbonyl (C=O) groups excluding carboxylic acids is 1. The number of anilines is 1. The molecule has 1 aromatic rings. The lowest BCUT2D eigenvalue weighted by Crippen LogP contribution is -2.35. The number of rotatable bonds is 4. The standard InChI is InChI=1S/C17H22N2O2/c1-2-14-11-17(20)19(13-14)16-5-3-4-15(10-16)12-18-6-8-21-9-7-18/h2-5,10,14H,1,6-9,11-13H2. The van der Waals surface area contributed by atoms with E-state index in [4.69, 9.17) is 4.74 Å². The summed E-state index contributed by atoms with van der Waals surface area (Å²) in [4.78, 5) is 16.4. The highest BCUT2D eigenvalue weighted by Crippen LogP contribution is 2.26. The molecule has 112 valence electrons. The van der Waals surface area contributed by atoms with Gasteiger partial charge in [-0.2, -0.15) is 0 Å². The fourth-order valence-electron chi connectivity index (χ4n) is 2.98. The van der Waals surface area contributed by atoms with Crippen LogP contribution in [-0.2, 0) is 16.1 Å². The Morgan fingerprint density at radius 1 is 1.33 bits per heavy atom. The zero-order valence-electron chi connectivity index (χ0n) is 12.3. The molecule has 2 saturated heterocycles. The maximum Gasteiger partial charge on any atom is 0.227 e. The first-order valence-electron chi connectivity index (χ1n) is 7.58. The Labute approximate surface area is 126 Å². The van der Waals surface area contributed by atoms with Crippen molar-refractivity contribution in [2.24, 2.45) is 5.92 Å². The normalized spacial score (nSPS) is 23.5. The number of hydrogen-bond donors (Lipinski definition) is 0. The van der Waals surface area contributed by atoms with Crippen LogP contribution in [0.3, 0.4) is 0 Å². The molecule has 0 aliphatic carbocycles. The minimum absolute atomic E-state index is 0.198. The molecule has 2 fully saturated rings. The summed E-state index contributed by atoms with van der Waals surface area (Å²) in [6.07, 6.45) is 2.46. The van der Waals surface area contributed by atoms with Crippen LogP contribution in [0.15, 0.2) is 36.9 Å². The summed E-state index contributed by atoms with van der Waals surface area (Å²) in [6.45, 7) is 9.05. The molecule has 3 rings (SSSR count). The van der Waals surface area contributed by atoms with Gasteiger partial charge in [-0.1, -0.05) is 18.2 Å². The van der Waals surface area contributed by atoms with Gasteiger partial charge >= 0.3 is 0 Å². The predicted molar refractivity (Wildman–Crippen MR) is 83.2 cm³/mol. The van der Waals surface area contributed by atoms with Gasteiger partial charge in [-0.3, -0.25) is 9.69 Å². The number of benzene rings is 1. The highest BCUT2D eigenvalue weighted by molar-refractivity contribution is 5.96. The van der Waals surface area contributed by atoms with Crippen LogP contribution >= 0.6 is 0 Å². The Morgan fingerprint density at radius 2 is 2.14 bits per heavy atom. The smallest absolute Gasteiger partial charge is 0.227 e. The minimum Gasteiger partial charge on any atom is -0.379 e. The van der Waals surface area contributed by atoms with Gasteiger partial charge in [0.15, 0.2) is 0 Å².